The van der Waals surface area contributed by atoms with Crippen molar-refractivity contribution in [1.82, 2.24) is 20.3 Å². The number of aryl methyl sites for hydroxylation is 1. The predicted molar refractivity (Wildman–Crippen MR) is 78.3 cm³/mol. The zero-order valence-electron chi connectivity index (χ0n) is 11.0. The van der Waals surface area contributed by atoms with Gasteiger partial charge in [0.05, 0.1) is 5.69 Å². The van der Waals surface area contributed by atoms with Gasteiger partial charge in [0.1, 0.15) is 0 Å². The maximum absolute atomic E-state index is 4.16. The highest BCUT2D eigenvalue weighted by molar-refractivity contribution is 7.19. The molecule has 1 atom stereocenters. The molecule has 0 bridgehead atoms. The Morgan fingerprint density at radius 1 is 1.37 bits per heavy atom. The zero-order chi connectivity index (χ0) is 13.2. The van der Waals surface area contributed by atoms with Gasteiger partial charge in [0.25, 0.3) is 0 Å². The molecule has 0 saturated carbocycles. The lowest BCUT2D eigenvalue weighted by Crippen LogP contribution is -2.17. The van der Waals surface area contributed by atoms with E-state index in [0.29, 0.717) is 0 Å². The van der Waals surface area contributed by atoms with E-state index in [1.54, 1.807) is 4.68 Å². The van der Waals surface area contributed by atoms with Crippen molar-refractivity contribution in [1.29, 1.82) is 0 Å². The molecule has 0 fully saturated rings. The summed E-state index contributed by atoms with van der Waals surface area (Å²) in [6.45, 7) is 0. The Kier molecular flexibility index (Phi) is 3.31. The van der Waals surface area contributed by atoms with Crippen LogP contribution in [0, 0.1) is 0 Å². The van der Waals surface area contributed by atoms with Crippen LogP contribution in [0.4, 0.5) is 0 Å². The highest BCUT2D eigenvalue weighted by Crippen LogP contribution is 2.30. The number of fused-ring (bicyclic) bond motifs is 1. The van der Waals surface area contributed by atoms with Crippen LogP contribution >= 0.6 is 11.3 Å². The number of hydrogen-bond acceptors (Lipinski definition) is 4. The van der Waals surface area contributed by atoms with Crippen LogP contribution in [0.2, 0.25) is 0 Å². The van der Waals surface area contributed by atoms with Gasteiger partial charge >= 0.3 is 0 Å². The molecule has 3 aromatic rings. The number of thiophene rings is 1. The van der Waals surface area contributed by atoms with Gasteiger partial charge in [0, 0.05) is 35.3 Å². The molecule has 0 spiro atoms. The monoisotopic (exact) mass is 272 g/mol. The molecule has 0 saturated heterocycles. The van der Waals surface area contributed by atoms with Gasteiger partial charge < -0.3 is 5.32 Å². The molecular formula is C14H16N4S. The Morgan fingerprint density at radius 3 is 2.89 bits per heavy atom. The average molecular weight is 272 g/mol. The third-order valence-corrected chi connectivity index (χ3v) is 4.43. The summed E-state index contributed by atoms with van der Waals surface area (Å²) in [6, 6.07) is 11.0. The molecule has 1 N–H and O–H groups in total. The number of benzene rings is 1. The number of nitrogens with zero attached hydrogens (tertiary/aromatic N) is 3. The molecule has 0 aliphatic carbocycles. The summed E-state index contributed by atoms with van der Waals surface area (Å²) in [5, 5.41) is 12.8. The molecule has 98 valence electrons. The van der Waals surface area contributed by atoms with Gasteiger partial charge in [-0.2, -0.15) is 0 Å². The quantitative estimate of drug-likeness (QED) is 0.793. The SMILES string of the molecule is CNC(Cc1cn(C)nn1)c1cc2ccccc2s1. The summed E-state index contributed by atoms with van der Waals surface area (Å²) < 4.78 is 3.07. The molecule has 0 aliphatic rings. The van der Waals surface area contributed by atoms with Gasteiger partial charge in [-0.3, -0.25) is 4.68 Å². The summed E-state index contributed by atoms with van der Waals surface area (Å²) in [6.07, 6.45) is 2.83. The van der Waals surface area contributed by atoms with E-state index in [-0.39, 0.29) is 6.04 Å². The summed E-state index contributed by atoms with van der Waals surface area (Å²) in [7, 11) is 3.88. The minimum absolute atomic E-state index is 0.286. The van der Waals surface area contributed by atoms with Crippen molar-refractivity contribution in [2.24, 2.45) is 7.05 Å². The van der Waals surface area contributed by atoms with Crippen molar-refractivity contribution in [2.75, 3.05) is 7.05 Å². The van der Waals surface area contributed by atoms with Crippen molar-refractivity contribution in [2.45, 2.75) is 12.5 Å². The molecule has 3 rings (SSSR count). The minimum Gasteiger partial charge on any atom is -0.312 e. The van der Waals surface area contributed by atoms with E-state index < -0.39 is 0 Å². The van der Waals surface area contributed by atoms with Crippen molar-refractivity contribution in [3.63, 3.8) is 0 Å². The van der Waals surface area contributed by atoms with E-state index in [1.807, 2.05) is 31.6 Å². The van der Waals surface area contributed by atoms with E-state index in [0.717, 1.165) is 12.1 Å². The van der Waals surface area contributed by atoms with Crippen LogP contribution in [-0.4, -0.2) is 22.0 Å². The predicted octanol–water partition coefficient (Wildman–Crippen LogP) is 2.53. The molecule has 0 aliphatic heterocycles. The Labute approximate surface area is 116 Å². The molecule has 2 aromatic heterocycles. The Hall–Kier alpha value is -1.72. The number of hydrogen-bond donors (Lipinski definition) is 1. The maximum atomic E-state index is 4.16. The molecule has 0 amide bonds. The molecule has 19 heavy (non-hydrogen) atoms. The van der Waals surface area contributed by atoms with E-state index >= 15 is 0 Å². The first-order valence-electron chi connectivity index (χ1n) is 6.27. The minimum atomic E-state index is 0.286. The Balaban J connectivity index is 1.88. The molecule has 1 aromatic carbocycles. The van der Waals surface area contributed by atoms with E-state index in [4.69, 9.17) is 0 Å². The van der Waals surface area contributed by atoms with Crippen molar-refractivity contribution in [3.8, 4) is 0 Å². The summed E-state index contributed by atoms with van der Waals surface area (Å²) >= 11 is 1.84. The fourth-order valence-corrected chi connectivity index (χ4v) is 3.39. The van der Waals surface area contributed by atoms with Crippen LogP contribution in [0.1, 0.15) is 16.6 Å². The smallest absolute Gasteiger partial charge is 0.0846 e. The topological polar surface area (TPSA) is 42.7 Å². The average Bonchev–Trinajstić information content (AvgIpc) is 3.01. The lowest BCUT2D eigenvalue weighted by molar-refractivity contribution is 0.593. The fourth-order valence-electron chi connectivity index (χ4n) is 2.22. The van der Waals surface area contributed by atoms with Crippen LogP contribution in [0.15, 0.2) is 36.5 Å². The number of likely N-dealkylation sites (N-methyl/N-ethyl adjacent to an activating group) is 1. The third kappa shape index (κ3) is 2.52. The first-order chi connectivity index (χ1) is 9.26. The number of rotatable bonds is 4. The highest BCUT2D eigenvalue weighted by Gasteiger charge is 2.15. The van der Waals surface area contributed by atoms with Gasteiger partial charge in [-0.25, -0.2) is 0 Å². The van der Waals surface area contributed by atoms with Gasteiger partial charge in [0.15, 0.2) is 0 Å². The third-order valence-electron chi connectivity index (χ3n) is 3.20. The lowest BCUT2D eigenvalue weighted by Gasteiger charge is -2.12. The summed E-state index contributed by atoms with van der Waals surface area (Å²) in [4.78, 5) is 1.34. The second kappa shape index (κ2) is 5.11. The van der Waals surface area contributed by atoms with E-state index in [2.05, 4.69) is 46.0 Å². The van der Waals surface area contributed by atoms with Gasteiger partial charge in [-0.05, 0) is 24.6 Å². The molecule has 2 heterocycles. The standard InChI is InChI=1S/C14H16N4S/c1-15-12(8-11-9-18(2)17-16-11)14-7-10-5-3-4-6-13(10)19-14/h3-7,9,12,15H,8H2,1-2H3. The first kappa shape index (κ1) is 12.3. The summed E-state index contributed by atoms with van der Waals surface area (Å²) in [5.74, 6) is 0. The van der Waals surface area contributed by atoms with Crippen LogP contribution in [0.5, 0.6) is 0 Å². The molecule has 0 radical (unpaired) electrons. The van der Waals surface area contributed by atoms with Crippen LogP contribution in [-0.2, 0) is 13.5 Å². The Morgan fingerprint density at radius 2 is 2.21 bits per heavy atom. The van der Waals surface area contributed by atoms with Crippen LogP contribution in [0.25, 0.3) is 10.1 Å². The van der Waals surface area contributed by atoms with Crippen molar-refractivity contribution in [3.05, 3.63) is 47.1 Å². The number of aromatic nitrogens is 3. The van der Waals surface area contributed by atoms with Gasteiger partial charge in [0.2, 0.25) is 0 Å². The molecule has 4 nitrogen and oxygen atoms in total. The summed E-state index contributed by atoms with van der Waals surface area (Å²) in [5.41, 5.74) is 1.01. The fraction of sp³-hybridized carbons (Fsp3) is 0.286. The molecule has 1 unspecified atom stereocenters. The number of nitrogens with one attached hydrogen (secondary N) is 1. The van der Waals surface area contributed by atoms with Crippen molar-refractivity contribution < 1.29 is 0 Å². The Bertz CT molecular complexity index is 652. The maximum Gasteiger partial charge on any atom is 0.0846 e. The largest absolute Gasteiger partial charge is 0.312 e. The molecule has 5 heteroatoms. The van der Waals surface area contributed by atoms with Gasteiger partial charge in [-0.1, -0.05) is 23.4 Å². The van der Waals surface area contributed by atoms with E-state index in [1.165, 1.54) is 15.0 Å². The zero-order valence-corrected chi connectivity index (χ0v) is 11.8. The van der Waals surface area contributed by atoms with Crippen LogP contribution < -0.4 is 5.32 Å². The second-order valence-electron chi connectivity index (χ2n) is 4.62. The lowest BCUT2D eigenvalue weighted by atomic mass is 10.1. The van der Waals surface area contributed by atoms with Crippen LogP contribution in [0.3, 0.4) is 0 Å². The first-order valence-corrected chi connectivity index (χ1v) is 7.09. The highest BCUT2D eigenvalue weighted by atomic mass is 32.1. The molecular weight excluding hydrogens is 256 g/mol. The second-order valence-corrected chi connectivity index (χ2v) is 5.73. The normalized spacial score (nSPS) is 12.9. The van der Waals surface area contributed by atoms with Gasteiger partial charge in [-0.15, -0.1) is 16.4 Å². The van der Waals surface area contributed by atoms with Crippen molar-refractivity contribution >= 4 is 21.4 Å². The van der Waals surface area contributed by atoms with E-state index in [9.17, 15) is 0 Å².